The summed E-state index contributed by atoms with van der Waals surface area (Å²) in [5.41, 5.74) is 0.0321. The highest BCUT2D eigenvalue weighted by molar-refractivity contribution is 7.03. The van der Waals surface area contributed by atoms with Gasteiger partial charge in [-0.05, 0) is 84.1 Å². The summed E-state index contributed by atoms with van der Waals surface area (Å²) in [5.74, 6) is -4.55. The number of hydrogen-bond acceptors (Lipinski definition) is 16. The summed E-state index contributed by atoms with van der Waals surface area (Å²) in [6.07, 6.45) is -5.03. The third-order valence-corrected chi connectivity index (χ3v) is 12.3. The van der Waals surface area contributed by atoms with Crippen molar-refractivity contribution in [1.82, 2.24) is 14.5 Å². The van der Waals surface area contributed by atoms with Gasteiger partial charge in [0.25, 0.3) is 0 Å². The van der Waals surface area contributed by atoms with Gasteiger partial charge >= 0.3 is 5.97 Å². The number of fused-ring (bicyclic) bond motifs is 5. The van der Waals surface area contributed by atoms with Crippen LogP contribution < -0.4 is 0 Å². The van der Waals surface area contributed by atoms with Gasteiger partial charge in [0.2, 0.25) is 5.91 Å². The third-order valence-electron chi connectivity index (χ3n) is 11.8. The van der Waals surface area contributed by atoms with Crippen LogP contribution >= 0.6 is 11.5 Å². The lowest BCUT2D eigenvalue weighted by Gasteiger charge is -2.47. The topological polar surface area (TPSA) is 201 Å². The summed E-state index contributed by atoms with van der Waals surface area (Å²) < 4.78 is 36.2. The van der Waals surface area contributed by atoms with Crippen molar-refractivity contribution in [2.45, 2.75) is 142 Å². The largest absolute Gasteiger partial charge is 0.459 e. The SMILES string of the molecule is CC[C@H]1OC(=O)[C@H](C)C(=O)[C@H](C)[C@@H](O[C@@H]2O[C@H](C)C[C@H](N(C)C)[C@H]2O)[C@@]2(C)C[C@@H](C)C(=NC(C)=O)C[C@@H](OC/C(=N/OCc3ccc(-c4csnn4)cc3)CO2)[C@]1(C)O. The number of carbonyl (C=O) groups excluding carboxylic acids is 3. The average Bonchev–Trinajstić information content (AvgIpc) is 3.73. The van der Waals surface area contributed by atoms with E-state index in [-0.39, 0.29) is 51.2 Å². The number of ketones is 1. The number of hydrogen-bond donors (Lipinski definition) is 2. The molecule has 0 saturated carbocycles. The third kappa shape index (κ3) is 11.2. The molecule has 0 radical (unpaired) electrons. The molecule has 17 heteroatoms. The Labute approximate surface area is 350 Å². The van der Waals surface area contributed by atoms with E-state index in [9.17, 15) is 24.6 Å². The standard InChI is InChI=1S/C42H61N5O11S/c1-11-34-42(8,52)35-17-31(43-27(6)48)23(2)18-41(7,54-21-30(20-53-35)45-55-19-28-12-14-29(15-13-28)32-22-59-46-44-32)38(25(4)36(49)26(5)39(51)57-34)58-40-37(50)33(47(9)10)16-24(3)56-40/h12-15,22-26,33-35,37-38,40,50,52H,11,16-21H2,1-10H3/b43-31?,45-30-/t23-,24-,25+,26-,33+,34-,35-,37-,38-,40+,41-,42-/m1/s1. The Kier molecular flexibility index (Phi) is 15.7. The molecule has 3 aliphatic rings. The van der Waals surface area contributed by atoms with Gasteiger partial charge in [0.15, 0.2) is 12.1 Å². The Morgan fingerprint density at radius 1 is 1.10 bits per heavy atom. The Morgan fingerprint density at radius 2 is 1.81 bits per heavy atom. The molecule has 5 rings (SSSR count). The molecule has 16 nitrogen and oxygen atoms in total. The average molecular weight is 844 g/mol. The van der Waals surface area contributed by atoms with Crippen molar-refractivity contribution in [2.24, 2.45) is 27.9 Å². The molecule has 12 atom stereocenters. The maximum atomic E-state index is 14.5. The second-order valence-corrected chi connectivity index (χ2v) is 17.5. The molecule has 3 fully saturated rings. The molecule has 3 saturated heterocycles. The molecule has 59 heavy (non-hydrogen) atoms. The summed E-state index contributed by atoms with van der Waals surface area (Å²) in [4.78, 5) is 53.2. The number of aliphatic imine (C=N–C) groups is 1. The smallest absolute Gasteiger partial charge is 0.316 e. The number of amides is 1. The zero-order valence-electron chi connectivity index (χ0n) is 35.8. The van der Waals surface area contributed by atoms with Crippen molar-refractivity contribution >= 4 is 40.6 Å². The summed E-state index contributed by atoms with van der Waals surface area (Å²) in [7, 11) is 3.73. The Hall–Kier alpha value is -3.55. The second kappa shape index (κ2) is 19.9. The summed E-state index contributed by atoms with van der Waals surface area (Å²) in [6, 6.07) is 7.32. The number of esters is 1. The fraction of sp³-hybridized carbons (Fsp3) is 0.690. The fourth-order valence-corrected chi connectivity index (χ4v) is 8.75. The minimum atomic E-state index is -1.82. The van der Waals surface area contributed by atoms with Crippen LogP contribution in [0.4, 0.5) is 0 Å². The first-order valence-corrected chi connectivity index (χ1v) is 21.2. The van der Waals surface area contributed by atoms with Crippen LogP contribution in [0.1, 0.15) is 86.6 Å². The molecule has 0 spiro atoms. The monoisotopic (exact) mass is 843 g/mol. The Morgan fingerprint density at radius 3 is 2.44 bits per heavy atom. The van der Waals surface area contributed by atoms with Gasteiger partial charge < -0.3 is 43.6 Å². The summed E-state index contributed by atoms with van der Waals surface area (Å²) >= 11 is 1.27. The van der Waals surface area contributed by atoms with E-state index in [2.05, 4.69) is 19.7 Å². The highest BCUT2D eigenvalue weighted by Crippen LogP contribution is 2.39. The highest BCUT2D eigenvalue weighted by Gasteiger charge is 2.51. The molecular formula is C42H61N5O11S. The van der Waals surface area contributed by atoms with E-state index in [4.69, 9.17) is 28.5 Å². The van der Waals surface area contributed by atoms with Gasteiger partial charge in [-0.1, -0.05) is 54.7 Å². The lowest BCUT2D eigenvalue weighted by Crippen LogP contribution is -2.59. The highest BCUT2D eigenvalue weighted by atomic mass is 32.1. The minimum Gasteiger partial charge on any atom is -0.459 e. The van der Waals surface area contributed by atoms with E-state index < -0.39 is 77.3 Å². The van der Waals surface area contributed by atoms with Crippen LogP contribution in [0, 0.1) is 17.8 Å². The first-order chi connectivity index (χ1) is 27.8. The van der Waals surface area contributed by atoms with Crippen LogP contribution in [0.25, 0.3) is 11.3 Å². The second-order valence-electron chi connectivity index (χ2n) is 16.9. The summed E-state index contributed by atoms with van der Waals surface area (Å²) in [6.45, 7) is 13.0. The molecule has 2 aromatic rings. The van der Waals surface area contributed by atoms with Crippen LogP contribution in [-0.2, 0) is 49.5 Å². The van der Waals surface area contributed by atoms with Gasteiger partial charge in [0.05, 0.1) is 37.1 Å². The zero-order valence-corrected chi connectivity index (χ0v) is 36.6. The number of ether oxygens (including phenoxy) is 5. The summed E-state index contributed by atoms with van der Waals surface area (Å²) in [5, 5.41) is 34.3. The van der Waals surface area contributed by atoms with E-state index in [1.807, 2.05) is 62.5 Å². The number of aliphatic hydroxyl groups excluding tert-OH is 1. The number of cyclic esters (lactones) is 1. The van der Waals surface area contributed by atoms with Crippen molar-refractivity contribution in [1.29, 1.82) is 0 Å². The number of carbonyl (C=O) groups is 3. The molecule has 3 aliphatic heterocycles. The predicted octanol–water partition coefficient (Wildman–Crippen LogP) is 4.39. The maximum absolute atomic E-state index is 14.5. The first kappa shape index (κ1) is 46.5. The number of rotatable bonds is 8. The van der Waals surface area contributed by atoms with Gasteiger partial charge in [-0.15, -0.1) is 5.10 Å². The fourth-order valence-electron chi connectivity index (χ4n) is 8.28. The van der Waals surface area contributed by atoms with E-state index >= 15 is 0 Å². The van der Waals surface area contributed by atoms with E-state index in [1.165, 1.54) is 32.3 Å². The van der Waals surface area contributed by atoms with Gasteiger partial charge in [0.1, 0.15) is 41.7 Å². The number of aliphatic hydroxyl groups is 2. The van der Waals surface area contributed by atoms with Crippen LogP contribution in [0.5, 0.6) is 0 Å². The van der Waals surface area contributed by atoms with E-state index in [0.717, 1.165) is 16.8 Å². The van der Waals surface area contributed by atoms with Gasteiger partial charge in [-0.3, -0.25) is 14.4 Å². The maximum Gasteiger partial charge on any atom is 0.316 e. The van der Waals surface area contributed by atoms with Crippen molar-refractivity contribution in [3.05, 3.63) is 35.2 Å². The number of nitrogens with zero attached hydrogens (tertiary/aromatic N) is 5. The van der Waals surface area contributed by atoms with Crippen molar-refractivity contribution in [3.63, 3.8) is 0 Å². The van der Waals surface area contributed by atoms with Gasteiger partial charge in [-0.25, -0.2) is 4.99 Å². The number of oxime groups is 1. The van der Waals surface area contributed by atoms with Crippen LogP contribution in [0.3, 0.4) is 0 Å². The zero-order chi connectivity index (χ0) is 43.2. The molecule has 0 aliphatic carbocycles. The normalized spacial score (nSPS) is 36.8. The molecule has 1 aromatic heterocycles. The van der Waals surface area contributed by atoms with E-state index in [1.54, 1.807) is 20.8 Å². The van der Waals surface area contributed by atoms with Crippen LogP contribution in [0.15, 0.2) is 39.8 Å². The lowest BCUT2D eigenvalue weighted by molar-refractivity contribution is -0.296. The van der Waals surface area contributed by atoms with Gasteiger partial charge in [-0.2, -0.15) is 0 Å². The number of Topliss-reactive ketones (excluding diaryl/α,β-unsaturated/α-hetero) is 1. The molecule has 1 amide bonds. The molecule has 0 unspecified atom stereocenters. The van der Waals surface area contributed by atoms with Gasteiger partial charge in [0, 0.05) is 42.0 Å². The molecule has 326 valence electrons. The van der Waals surface area contributed by atoms with Crippen molar-refractivity contribution < 1.29 is 53.1 Å². The number of aromatic nitrogens is 2. The molecule has 2 bridgehead atoms. The number of likely N-dealkylation sites (N-methyl/N-ethyl adjacent to an activating group) is 1. The lowest BCUT2D eigenvalue weighted by atomic mass is 9.76. The quantitative estimate of drug-likeness (QED) is 0.215. The molecule has 4 heterocycles. The minimum absolute atomic E-state index is 0.0189. The Bertz CT molecular complexity index is 1810. The Balaban J connectivity index is 1.60. The number of benzene rings is 1. The van der Waals surface area contributed by atoms with Crippen molar-refractivity contribution in [3.8, 4) is 11.3 Å². The van der Waals surface area contributed by atoms with Crippen LogP contribution in [-0.4, -0.2) is 135 Å². The van der Waals surface area contributed by atoms with Crippen LogP contribution in [0.2, 0.25) is 0 Å². The molecule has 1 aromatic carbocycles. The van der Waals surface area contributed by atoms with Crippen molar-refractivity contribution in [2.75, 3.05) is 27.3 Å². The molecule has 2 N–H and O–H groups in total. The molecular weight excluding hydrogens is 783 g/mol. The van der Waals surface area contributed by atoms with E-state index in [0.29, 0.717) is 17.8 Å². The predicted molar refractivity (Wildman–Crippen MR) is 220 cm³/mol. The first-order valence-electron chi connectivity index (χ1n) is 20.3.